The lowest BCUT2D eigenvalue weighted by Crippen LogP contribution is -2.30. The quantitative estimate of drug-likeness (QED) is 0.844. The van der Waals surface area contributed by atoms with Crippen molar-refractivity contribution in [2.75, 3.05) is 13.2 Å². The van der Waals surface area contributed by atoms with Gasteiger partial charge in [-0.1, -0.05) is 6.92 Å². The van der Waals surface area contributed by atoms with Gasteiger partial charge in [-0.25, -0.2) is 9.50 Å². The third-order valence-electron chi connectivity index (χ3n) is 2.29. The molecule has 2 rings (SSSR count). The second-order valence-electron chi connectivity index (χ2n) is 3.95. The number of aliphatic hydroxyl groups is 1. The van der Waals surface area contributed by atoms with Gasteiger partial charge in [0, 0.05) is 25.5 Å². The van der Waals surface area contributed by atoms with Gasteiger partial charge in [-0.2, -0.15) is 4.98 Å². The Morgan fingerprint density at radius 2 is 2.44 bits per heavy atom. The number of nitrogens with zero attached hydrogens (tertiary/aromatic N) is 4. The van der Waals surface area contributed by atoms with E-state index in [-0.39, 0.29) is 24.3 Å². The van der Waals surface area contributed by atoms with Crippen molar-refractivity contribution in [3.05, 3.63) is 22.7 Å². The van der Waals surface area contributed by atoms with Crippen LogP contribution in [-0.2, 0) is 0 Å². The van der Waals surface area contributed by atoms with Crippen LogP contribution in [-0.4, -0.2) is 43.7 Å². The Labute approximate surface area is 111 Å². The highest BCUT2D eigenvalue weighted by atomic mass is 79.9. The number of carbonyl (C=O) groups excluding carboxylic acids is 1. The largest absolute Gasteiger partial charge is 0.396 e. The van der Waals surface area contributed by atoms with E-state index in [2.05, 4.69) is 36.3 Å². The fraction of sp³-hybridized carbons (Fsp3) is 0.400. The highest BCUT2D eigenvalue weighted by Gasteiger charge is 2.14. The van der Waals surface area contributed by atoms with Crippen LogP contribution in [0.3, 0.4) is 0 Å². The SMILES string of the molecule is CC(CO)CNC(=O)c1nc2ncc(Br)cn2n1. The highest BCUT2D eigenvalue weighted by Crippen LogP contribution is 2.07. The molecular weight excluding hydrogens is 302 g/mol. The Balaban J connectivity index is 2.13. The molecule has 2 N–H and O–H groups in total. The second-order valence-corrected chi connectivity index (χ2v) is 4.87. The zero-order valence-corrected chi connectivity index (χ0v) is 11.3. The van der Waals surface area contributed by atoms with Crippen molar-refractivity contribution in [3.63, 3.8) is 0 Å². The van der Waals surface area contributed by atoms with E-state index in [1.54, 1.807) is 12.4 Å². The van der Waals surface area contributed by atoms with Crippen molar-refractivity contribution in [3.8, 4) is 0 Å². The predicted molar refractivity (Wildman–Crippen MR) is 67.1 cm³/mol. The van der Waals surface area contributed by atoms with Gasteiger partial charge in [0.15, 0.2) is 0 Å². The molecule has 2 heterocycles. The van der Waals surface area contributed by atoms with Crippen LogP contribution in [0.1, 0.15) is 17.5 Å². The van der Waals surface area contributed by atoms with Crippen molar-refractivity contribution < 1.29 is 9.90 Å². The Kier molecular flexibility index (Phi) is 3.87. The molecule has 1 amide bonds. The van der Waals surface area contributed by atoms with E-state index in [0.29, 0.717) is 12.3 Å². The first-order valence-electron chi connectivity index (χ1n) is 5.37. The number of amides is 1. The second kappa shape index (κ2) is 5.40. The summed E-state index contributed by atoms with van der Waals surface area (Å²) in [5.74, 6) is 0.0412. The first kappa shape index (κ1) is 12.9. The minimum absolute atomic E-state index is 0.00162. The molecule has 0 fully saturated rings. The first-order chi connectivity index (χ1) is 8.60. The summed E-state index contributed by atoms with van der Waals surface area (Å²) < 4.78 is 2.18. The van der Waals surface area contributed by atoms with Crippen LogP contribution in [0.4, 0.5) is 0 Å². The van der Waals surface area contributed by atoms with E-state index >= 15 is 0 Å². The summed E-state index contributed by atoms with van der Waals surface area (Å²) in [5.41, 5.74) is 0. The lowest BCUT2D eigenvalue weighted by atomic mass is 10.2. The number of aromatic nitrogens is 4. The van der Waals surface area contributed by atoms with Crippen LogP contribution in [0.2, 0.25) is 0 Å². The van der Waals surface area contributed by atoms with Gasteiger partial charge in [0.1, 0.15) is 0 Å². The van der Waals surface area contributed by atoms with Crippen molar-refractivity contribution in [1.29, 1.82) is 0 Å². The van der Waals surface area contributed by atoms with Crippen LogP contribution in [0, 0.1) is 5.92 Å². The van der Waals surface area contributed by atoms with Crippen molar-refractivity contribution in [2.45, 2.75) is 6.92 Å². The van der Waals surface area contributed by atoms with Crippen LogP contribution in [0.5, 0.6) is 0 Å². The van der Waals surface area contributed by atoms with E-state index in [4.69, 9.17) is 5.11 Å². The number of hydrogen-bond donors (Lipinski definition) is 2. The topological polar surface area (TPSA) is 92.4 Å². The third kappa shape index (κ3) is 2.82. The summed E-state index contributed by atoms with van der Waals surface area (Å²) in [6, 6.07) is 0. The highest BCUT2D eigenvalue weighted by molar-refractivity contribution is 9.10. The molecule has 0 saturated heterocycles. The standard InChI is InChI=1S/C10H12BrN5O2/c1-6(5-17)2-12-9(18)8-14-10-13-3-7(11)4-16(10)15-8/h3-4,6,17H,2,5H2,1H3,(H,12,18). The maximum atomic E-state index is 11.7. The molecule has 1 unspecified atom stereocenters. The summed E-state index contributed by atoms with van der Waals surface area (Å²) in [5, 5.41) is 15.5. The molecule has 0 aliphatic heterocycles. The summed E-state index contributed by atoms with van der Waals surface area (Å²) in [6.07, 6.45) is 3.25. The van der Waals surface area contributed by atoms with Gasteiger partial charge in [-0.3, -0.25) is 4.79 Å². The van der Waals surface area contributed by atoms with Gasteiger partial charge >= 0.3 is 0 Å². The van der Waals surface area contributed by atoms with E-state index in [1.165, 1.54) is 4.52 Å². The normalized spacial score (nSPS) is 12.6. The monoisotopic (exact) mass is 313 g/mol. The molecule has 0 radical (unpaired) electrons. The molecule has 7 nitrogen and oxygen atoms in total. The van der Waals surface area contributed by atoms with Gasteiger partial charge in [0.05, 0.1) is 4.47 Å². The molecule has 0 aliphatic carbocycles. The maximum absolute atomic E-state index is 11.7. The molecule has 0 aromatic carbocycles. The van der Waals surface area contributed by atoms with Crippen LogP contribution in [0.15, 0.2) is 16.9 Å². The van der Waals surface area contributed by atoms with Crippen LogP contribution >= 0.6 is 15.9 Å². The Bertz CT molecular complexity index is 570. The minimum Gasteiger partial charge on any atom is -0.396 e. The number of aliphatic hydroxyl groups excluding tert-OH is 1. The Morgan fingerprint density at radius 3 is 3.17 bits per heavy atom. The molecule has 0 aliphatic rings. The van der Waals surface area contributed by atoms with Gasteiger partial charge in [0.25, 0.3) is 11.7 Å². The lowest BCUT2D eigenvalue weighted by molar-refractivity contribution is 0.0932. The zero-order valence-electron chi connectivity index (χ0n) is 9.67. The number of nitrogens with one attached hydrogen (secondary N) is 1. The molecule has 96 valence electrons. The third-order valence-corrected chi connectivity index (χ3v) is 2.70. The summed E-state index contributed by atoms with van der Waals surface area (Å²) in [4.78, 5) is 19.8. The zero-order chi connectivity index (χ0) is 13.1. The number of hydrogen-bond acceptors (Lipinski definition) is 5. The minimum atomic E-state index is -0.378. The average molecular weight is 314 g/mol. The van der Waals surface area contributed by atoms with Gasteiger partial charge in [-0.15, -0.1) is 5.10 Å². The number of halogens is 1. The molecule has 0 bridgehead atoms. The molecule has 0 spiro atoms. The fourth-order valence-electron chi connectivity index (χ4n) is 1.27. The van der Waals surface area contributed by atoms with Crippen molar-refractivity contribution in [1.82, 2.24) is 24.9 Å². The van der Waals surface area contributed by atoms with Crippen molar-refractivity contribution in [2.24, 2.45) is 5.92 Å². The Hall–Kier alpha value is -1.54. The van der Waals surface area contributed by atoms with Crippen LogP contribution in [0.25, 0.3) is 5.78 Å². The first-order valence-corrected chi connectivity index (χ1v) is 6.16. The average Bonchev–Trinajstić information content (AvgIpc) is 2.78. The predicted octanol–water partition coefficient (Wildman–Crippen LogP) is 0.245. The van der Waals surface area contributed by atoms with Crippen molar-refractivity contribution >= 4 is 27.6 Å². The van der Waals surface area contributed by atoms with E-state index in [1.807, 2.05) is 6.92 Å². The number of rotatable bonds is 4. The molecular formula is C10H12BrN5O2. The van der Waals surface area contributed by atoms with Gasteiger partial charge in [-0.05, 0) is 21.8 Å². The fourth-order valence-corrected chi connectivity index (χ4v) is 1.56. The van der Waals surface area contributed by atoms with Crippen LogP contribution < -0.4 is 5.32 Å². The van der Waals surface area contributed by atoms with E-state index < -0.39 is 0 Å². The van der Waals surface area contributed by atoms with E-state index in [9.17, 15) is 4.79 Å². The molecule has 18 heavy (non-hydrogen) atoms. The summed E-state index contributed by atoms with van der Waals surface area (Å²) in [6.45, 7) is 2.23. The maximum Gasteiger partial charge on any atom is 0.291 e. The molecule has 8 heteroatoms. The molecule has 2 aromatic heterocycles. The van der Waals surface area contributed by atoms with Gasteiger partial charge < -0.3 is 10.4 Å². The molecule has 2 aromatic rings. The molecule has 0 saturated carbocycles. The van der Waals surface area contributed by atoms with Gasteiger partial charge in [0.2, 0.25) is 5.82 Å². The number of fused-ring (bicyclic) bond motifs is 1. The number of carbonyl (C=O) groups is 1. The summed E-state index contributed by atoms with van der Waals surface area (Å²) >= 11 is 3.26. The van der Waals surface area contributed by atoms with E-state index in [0.717, 1.165) is 4.47 Å². The summed E-state index contributed by atoms with van der Waals surface area (Å²) in [7, 11) is 0. The Morgan fingerprint density at radius 1 is 1.67 bits per heavy atom. The molecule has 1 atom stereocenters. The smallest absolute Gasteiger partial charge is 0.291 e. The lowest BCUT2D eigenvalue weighted by Gasteiger charge is -2.07.